The molecule has 1 unspecified atom stereocenters. The van der Waals surface area contributed by atoms with Crippen molar-refractivity contribution in [2.24, 2.45) is 0 Å². The highest BCUT2D eigenvalue weighted by Gasteiger charge is 2.15. The molecule has 7 heteroatoms. The molecule has 0 bridgehead atoms. The van der Waals surface area contributed by atoms with E-state index in [1.807, 2.05) is 0 Å². The van der Waals surface area contributed by atoms with E-state index in [4.69, 9.17) is 11.6 Å². The largest absolute Gasteiger partial charge is 0.347 e. The van der Waals surface area contributed by atoms with Gasteiger partial charge in [-0.2, -0.15) is 0 Å². The van der Waals surface area contributed by atoms with Crippen LogP contribution in [0.25, 0.3) is 0 Å². The van der Waals surface area contributed by atoms with Gasteiger partial charge in [-0.25, -0.2) is 4.39 Å². The van der Waals surface area contributed by atoms with Crippen LogP contribution in [0.3, 0.4) is 0 Å². The summed E-state index contributed by atoms with van der Waals surface area (Å²) in [6.45, 7) is 0.327. The van der Waals surface area contributed by atoms with Crippen LogP contribution in [-0.4, -0.2) is 32.0 Å². The number of halogens is 2. The molecular weight excluding hydrogens is 345 g/mol. The molecule has 0 radical (unpaired) electrons. The summed E-state index contributed by atoms with van der Waals surface area (Å²) in [6, 6.07) is 13.2. The van der Waals surface area contributed by atoms with Crippen LogP contribution in [0.15, 0.2) is 48.5 Å². The molecule has 0 aliphatic rings. The second-order valence-electron chi connectivity index (χ2n) is 5.71. The average Bonchev–Trinajstić information content (AvgIpc) is 2.56. The lowest BCUT2D eigenvalue weighted by molar-refractivity contribution is -0.862. The SMILES string of the molecule is C[NH+](CC(=O)NCc1ccccc1F)CC(=O)Nc1ccccc1Cl. The molecule has 0 spiro atoms. The quantitative estimate of drug-likeness (QED) is 0.692. The molecule has 0 aromatic heterocycles. The molecule has 2 rings (SSSR count). The maximum atomic E-state index is 13.5. The first-order valence-corrected chi connectivity index (χ1v) is 8.19. The zero-order chi connectivity index (χ0) is 18.2. The minimum absolute atomic E-state index is 0.102. The minimum Gasteiger partial charge on any atom is -0.347 e. The highest BCUT2D eigenvalue weighted by molar-refractivity contribution is 6.33. The van der Waals surface area contributed by atoms with Crippen molar-refractivity contribution in [3.63, 3.8) is 0 Å². The van der Waals surface area contributed by atoms with Gasteiger partial charge in [0.1, 0.15) is 5.82 Å². The number of para-hydroxylation sites is 1. The lowest BCUT2D eigenvalue weighted by atomic mass is 10.2. The standard InChI is InChI=1S/C18H19ClFN3O2/c1-23(12-18(25)22-16-9-5-3-7-14(16)19)11-17(24)21-10-13-6-2-4-8-15(13)20/h2-9H,10-12H2,1H3,(H,21,24)(H,22,25)/p+1. The number of nitrogens with one attached hydrogen (secondary N) is 3. The van der Waals surface area contributed by atoms with Crippen LogP contribution in [0.5, 0.6) is 0 Å². The Morgan fingerprint density at radius 2 is 1.68 bits per heavy atom. The van der Waals surface area contributed by atoms with Crippen molar-refractivity contribution in [2.45, 2.75) is 6.54 Å². The van der Waals surface area contributed by atoms with Gasteiger partial charge in [-0.1, -0.05) is 41.9 Å². The molecular formula is C18H20ClFN3O2+. The molecule has 2 aromatic rings. The van der Waals surface area contributed by atoms with Gasteiger partial charge in [0, 0.05) is 12.1 Å². The van der Waals surface area contributed by atoms with Crippen molar-refractivity contribution < 1.29 is 18.9 Å². The van der Waals surface area contributed by atoms with Gasteiger partial charge in [0.2, 0.25) is 0 Å². The number of benzene rings is 2. The average molecular weight is 365 g/mol. The highest BCUT2D eigenvalue weighted by atomic mass is 35.5. The Labute approximate surface area is 150 Å². The molecule has 1 atom stereocenters. The van der Waals surface area contributed by atoms with Gasteiger partial charge >= 0.3 is 0 Å². The van der Waals surface area contributed by atoms with Crippen LogP contribution in [-0.2, 0) is 16.1 Å². The summed E-state index contributed by atoms with van der Waals surface area (Å²) in [6.07, 6.45) is 0. The van der Waals surface area contributed by atoms with Gasteiger partial charge in [0.05, 0.1) is 17.8 Å². The van der Waals surface area contributed by atoms with E-state index in [1.54, 1.807) is 49.5 Å². The van der Waals surface area contributed by atoms with Gasteiger partial charge in [-0.3, -0.25) is 9.59 Å². The normalized spacial score (nSPS) is 11.6. The maximum absolute atomic E-state index is 13.5. The Hall–Kier alpha value is -2.44. The van der Waals surface area contributed by atoms with Crippen LogP contribution < -0.4 is 15.5 Å². The van der Waals surface area contributed by atoms with Crippen molar-refractivity contribution >= 4 is 29.1 Å². The monoisotopic (exact) mass is 364 g/mol. The van der Waals surface area contributed by atoms with Gasteiger partial charge in [0.25, 0.3) is 11.8 Å². The molecule has 132 valence electrons. The number of hydrogen-bond acceptors (Lipinski definition) is 2. The Morgan fingerprint density at radius 3 is 2.40 bits per heavy atom. The van der Waals surface area contributed by atoms with Crippen LogP contribution in [0, 0.1) is 5.82 Å². The summed E-state index contributed by atoms with van der Waals surface area (Å²) in [5.74, 6) is -0.860. The predicted octanol–water partition coefficient (Wildman–Crippen LogP) is 1.25. The third-order valence-corrected chi connectivity index (χ3v) is 3.84. The van der Waals surface area contributed by atoms with Gasteiger partial charge < -0.3 is 15.5 Å². The molecule has 0 aliphatic carbocycles. The van der Waals surface area contributed by atoms with Crippen molar-refractivity contribution in [1.82, 2.24) is 5.32 Å². The Morgan fingerprint density at radius 1 is 1.04 bits per heavy atom. The molecule has 0 heterocycles. The zero-order valence-electron chi connectivity index (χ0n) is 13.8. The van der Waals surface area contributed by atoms with Gasteiger partial charge in [-0.05, 0) is 18.2 Å². The number of hydrogen-bond donors (Lipinski definition) is 3. The zero-order valence-corrected chi connectivity index (χ0v) is 14.6. The third kappa shape index (κ3) is 6.17. The van der Waals surface area contributed by atoms with E-state index in [0.717, 1.165) is 0 Å². The smallest absolute Gasteiger partial charge is 0.279 e. The number of carbonyl (C=O) groups is 2. The summed E-state index contributed by atoms with van der Waals surface area (Å²) < 4.78 is 13.5. The van der Waals surface area contributed by atoms with E-state index in [2.05, 4.69) is 10.6 Å². The molecule has 25 heavy (non-hydrogen) atoms. The number of amides is 2. The number of rotatable bonds is 7. The second kappa shape index (κ2) is 9.15. The van der Waals surface area contributed by atoms with Crippen LogP contribution in [0.2, 0.25) is 5.02 Å². The molecule has 0 saturated heterocycles. The third-order valence-electron chi connectivity index (χ3n) is 3.51. The van der Waals surface area contributed by atoms with Gasteiger partial charge in [0.15, 0.2) is 13.1 Å². The summed E-state index contributed by atoms with van der Waals surface area (Å²) in [5.41, 5.74) is 0.955. The van der Waals surface area contributed by atoms with Crippen molar-refractivity contribution in [3.8, 4) is 0 Å². The maximum Gasteiger partial charge on any atom is 0.279 e. The summed E-state index contributed by atoms with van der Waals surface area (Å²) in [7, 11) is 1.73. The molecule has 0 fully saturated rings. The fourth-order valence-electron chi connectivity index (χ4n) is 2.27. The predicted molar refractivity (Wildman–Crippen MR) is 94.9 cm³/mol. The van der Waals surface area contributed by atoms with Crippen molar-refractivity contribution in [1.29, 1.82) is 0 Å². The lowest BCUT2D eigenvalue weighted by Crippen LogP contribution is -3.11. The van der Waals surface area contributed by atoms with Crippen LogP contribution in [0.4, 0.5) is 10.1 Å². The van der Waals surface area contributed by atoms with Crippen LogP contribution in [0.1, 0.15) is 5.56 Å². The first-order chi connectivity index (χ1) is 12.0. The van der Waals surface area contributed by atoms with Crippen LogP contribution >= 0.6 is 11.6 Å². The van der Waals surface area contributed by atoms with E-state index in [0.29, 0.717) is 21.2 Å². The van der Waals surface area contributed by atoms with E-state index in [9.17, 15) is 14.0 Å². The molecule has 2 aromatic carbocycles. The Balaban J connectivity index is 1.76. The minimum atomic E-state index is -0.359. The van der Waals surface area contributed by atoms with Gasteiger partial charge in [-0.15, -0.1) is 0 Å². The number of likely N-dealkylation sites (N-methyl/N-ethyl adjacent to an activating group) is 1. The molecule has 5 nitrogen and oxygen atoms in total. The molecule has 0 aliphatic heterocycles. The number of carbonyl (C=O) groups excluding carboxylic acids is 2. The number of anilines is 1. The summed E-state index contributed by atoms with van der Waals surface area (Å²) >= 11 is 5.99. The van der Waals surface area contributed by atoms with E-state index >= 15 is 0 Å². The summed E-state index contributed by atoms with van der Waals surface area (Å²) in [5, 5.41) is 5.81. The van der Waals surface area contributed by atoms with E-state index in [-0.39, 0.29) is 37.3 Å². The topological polar surface area (TPSA) is 62.6 Å². The highest BCUT2D eigenvalue weighted by Crippen LogP contribution is 2.19. The van der Waals surface area contributed by atoms with Crippen molar-refractivity contribution in [2.75, 3.05) is 25.5 Å². The first-order valence-electron chi connectivity index (χ1n) is 7.81. The first kappa shape index (κ1) is 18.9. The number of quaternary nitrogens is 1. The fraction of sp³-hybridized carbons (Fsp3) is 0.222. The molecule has 3 N–H and O–H groups in total. The van der Waals surface area contributed by atoms with E-state index in [1.165, 1.54) is 6.07 Å². The summed E-state index contributed by atoms with van der Waals surface area (Å²) in [4.78, 5) is 24.6. The molecule has 2 amide bonds. The Bertz CT molecular complexity index is 755. The fourth-order valence-corrected chi connectivity index (χ4v) is 2.45. The van der Waals surface area contributed by atoms with Crippen molar-refractivity contribution in [3.05, 3.63) is 64.9 Å². The van der Waals surface area contributed by atoms with E-state index < -0.39 is 0 Å². The lowest BCUT2D eigenvalue weighted by Gasteiger charge is -2.14. The molecule has 0 saturated carbocycles. The Kier molecular flexibility index (Phi) is 6.91. The second-order valence-corrected chi connectivity index (χ2v) is 6.11.